The second kappa shape index (κ2) is 9.53. The van der Waals surface area contributed by atoms with Crippen molar-refractivity contribution in [3.63, 3.8) is 0 Å². The minimum Gasteiger partial charge on any atom is -0.351 e. The highest BCUT2D eigenvalue weighted by Gasteiger charge is 2.26. The third-order valence-electron chi connectivity index (χ3n) is 6.07. The molecule has 11 heteroatoms. The van der Waals surface area contributed by atoms with Crippen molar-refractivity contribution in [1.29, 1.82) is 0 Å². The Balaban J connectivity index is 1.30. The number of fused-ring (bicyclic) bond motifs is 1. The van der Waals surface area contributed by atoms with Crippen molar-refractivity contribution in [2.75, 3.05) is 49.0 Å². The summed E-state index contributed by atoms with van der Waals surface area (Å²) < 4.78 is 39.3. The van der Waals surface area contributed by atoms with Gasteiger partial charge < -0.3 is 9.88 Å². The van der Waals surface area contributed by atoms with Crippen molar-refractivity contribution in [2.24, 2.45) is 4.99 Å². The molecule has 1 unspecified atom stereocenters. The van der Waals surface area contributed by atoms with Crippen molar-refractivity contribution in [2.45, 2.75) is 15.9 Å². The molecular formula is C22H26N4O3S4. The van der Waals surface area contributed by atoms with Crippen LogP contribution in [0.4, 0.5) is 5.69 Å². The van der Waals surface area contributed by atoms with Crippen molar-refractivity contribution < 1.29 is 12.6 Å². The maximum atomic E-state index is 13.0. The number of nitrogens with zero attached hydrogens (tertiary/aromatic N) is 3. The first kappa shape index (κ1) is 23.1. The third-order valence-corrected chi connectivity index (χ3v) is 11.8. The number of hydrogen-bond donors (Lipinski definition) is 1. The summed E-state index contributed by atoms with van der Waals surface area (Å²) in [5.74, 6) is 1.57. The van der Waals surface area contributed by atoms with Crippen LogP contribution in [0.3, 0.4) is 0 Å². The van der Waals surface area contributed by atoms with Gasteiger partial charge in [0, 0.05) is 53.1 Å². The second-order valence-electron chi connectivity index (χ2n) is 8.19. The average molecular weight is 523 g/mol. The number of aromatic amines is 1. The Labute approximate surface area is 204 Å². The molecule has 1 N–H and O–H groups in total. The molecule has 0 radical (unpaired) electrons. The predicted octanol–water partition coefficient (Wildman–Crippen LogP) is 3.37. The summed E-state index contributed by atoms with van der Waals surface area (Å²) in [6.07, 6.45) is 1.05. The largest absolute Gasteiger partial charge is 0.351 e. The van der Waals surface area contributed by atoms with E-state index in [2.05, 4.69) is 16.0 Å². The molecule has 0 bridgehead atoms. The van der Waals surface area contributed by atoms with Crippen molar-refractivity contribution in [3.8, 4) is 0 Å². The number of nitrogens with one attached hydrogen (secondary N) is 1. The van der Waals surface area contributed by atoms with Gasteiger partial charge in [-0.2, -0.15) is 0 Å². The first-order valence-electron chi connectivity index (χ1n) is 10.8. The van der Waals surface area contributed by atoms with Crippen molar-refractivity contribution in [1.82, 2.24) is 9.88 Å². The van der Waals surface area contributed by atoms with E-state index >= 15 is 0 Å². The molecule has 5 rings (SSSR count). The summed E-state index contributed by atoms with van der Waals surface area (Å²) in [6.45, 7) is 3.64. The molecule has 1 fully saturated rings. The summed E-state index contributed by atoms with van der Waals surface area (Å²) in [7, 11) is -2.65. The topological polar surface area (TPSA) is 85.8 Å². The summed E-state index contributed by atoms with van der Waals surface area (Å²) in [6, 6.07) is 11.1. The molecule has 7 nitrogen and oxygen atoms in total. The summed E-state index contributed by atoms with van der Waals surface area (Å²) in [5, 5.41) is 4.14. The van der Waals surface area contributed by atoms with E-state index in [1.807, 2.05) is 18.2 Å². The van der Waals surface area contributed by atoms with E-state index < -0.39 is 20.8 Å². The molecule has 1 atom stereocenters. The number of thioether (sulfide) groups is 1. The third kappa shape index (κ3) is 4.79. The quantitative estimate of drug-likeness (QED) is 0.514. The van der Waals surface area contributed by atoms with Crippen LogP contribution in [-0.4, -0.2) is 77.5 Å². The number of rotatable bonds is 7. The van der Waals surface area contributed by atoms with Crippen LogP contribution in [0.2, 0.25) is 0 Å². The number of sulfonamides is 1. The SMILES string of the molecule is CN(c1cccc2cc(C3=NCC(CCN4CCS(=O)CC4)S3)[nH]c12)S(=O)(=O)c1cccs1. The highest BCUT2D eigenvalue weighted by molar-refractivity contribution is 8.15. The lowest BCUT2D eigenvalue weighted by molar-refractivity contribution is 0.295. The van der Waals surface area contributed by atoms with Gasteiger partial charge >= 0.3 is 0 Å². The van der Waals surface area contributed by atoms with Gasteiger partial charge in [-0.05, 0) is 36.5 Å². The lowest BCUT2D eigenvalue weighted by Gasteiger charge is -2.26. The Kier molecular flexibility index (Phi) is 6.67. The van der Waals surface area contributed by atoms with Crippen LogP contribution in [0.25, 0.3) is 10.9 Å². The van der Waals surface area contributed by atoms with E-state index in [0.29, 0.717) is 15.1 Å². The number of thiophene rings is 1. The molecule has 0 saturated carbocycles. The lowest BCUT2D eigenvalue weighted by Crippen LogP contribution is -2.39. The number of anilines is 1. The Morgan fingerprint density at radius 2 is 2.06 bits per heavy atom. The fourth-order valence-corrected chi connectivity index (χ4v) is 8.70. The molecule has 2 aliphatic heterocycles. The zero-order valence-corrected chi connectivity index (χ0v) is 21.5. The number of H-pyrrole nitrogens is 1. The minimum atomic E-state index is -3.61. The van der Waals surface area contributed by atoms with E-state index in [0.717, 1.165) is 65.7 Å². The maximum absolute atomic E-state index is 13.0. The molecule has 4 heterocycles. The van der Waals surface area contributed by atoms with Crippen molar-refractivity contribution >= 4 is 65.6 Å². The van der Waals surface area contributed by atoms with E-state index in [4.69, 9.17) is 4.99 Å². The summed E-state index contributed by atoms with van der Waals surface area (Å²) in [5.41, 5.74) is 2.35. The fourth-order valence-electron chi connectivity index (χ4n) is 4.13. The predicted molar refractivity (Wildman–Crippen MR) is 140 cm³/mol. The smallest absolute Gasteiger partial charge is 0.273 e. The van der Waals surface area contributed by atoms with Crippen LogP contribution in [-0.2, 0) is 20.8 Å². The first-order valence-corrected chi connectivity index (χ1v) is 15.5. The Morgan fingerprint density at radius 3 is 2.82 bits per heavy atom. The van der Waals surface area contributed by atoms with Crippen LogP contribution in [0.1, 0.15) is 12.1 Å². The normalized spacial score (nSPS) is 20.4. The Morgan fingerprint density at radius 1 is 1.24 bits per heavy atom. The standard InChI is InChI=1S/C22H26N4O3S4/c1-25(33(28,29)20-6-3-11-30-20)19-5-2-4-16-14-18(24-21(16)19)22-23-15-17(31-22)7-8-26-9-12-32(27)13-10-26/h2-6,11,14,17,24H,7-10,12-13,15H2,1H3. The van der Waals surface area contributed by atoms with E-state index in [1.54, 1.807) is 36.3 Å². The molecule has 176 valence electrons. The van der Waals surface area contributed by atoms with Crippen LogP contribution in [0.5, 0.6) is 0 Å². The number of para-hydroxylation sites is 1. The maximum Gasteiger partial charge on any atom is 0.273 e. The van der Waals surface area contributed by atoms with Gasteiger partial charge in [-0.25, -0.2) is 8.42 Å². The zero-order valence-electron chi connectivity index (χ0n) is 18.3. The number of aromatic nitrogens is 1. The van der Waals surface area contributed by atoms with Crippen LogP contribution in [0, 0.1) is 0 Å². The van der Waals surface area contributed by atoms with Crippen molar-refractivity contribution in [3.05, 3.63) is 47.5 Å². The number of hydrogen-bond acceptors (Lipinski definition) is 7. The molecule has 2 aliphatic rings. The Bertz CT molecular complexity index is 1290. The zero-order chi connectivity index (χ0) is 23.0. The van der Waals surface area contributed by atoms with Gasteiger partial charge in [0.15, 0.2) is 0 Å². The molecule has 1 saturated heterocycles. The highest BCUT2D eigenvalue weighted by Crippen LogP contribution is 2.34. The summed E-state index contributed by atoms with van der Waals surface area (Å²) in [4.78, 5) is 10.6. The number of aliphatic imine (C=N–C) groups is 1. The first-order chi connectivity index (χ1) is 15.9. The lowest BCUT2D eigenvalue weighted by atomic mass is 10.2. The molecule has 3 aromatic rings. The molecule has 2 aromatic heterocycles. The van der Waals surface area contributed by atoms with Crippen LogP contribution >= 0.6 is 23.1 Å². The van der Waals surface area contributed by atoms with E-state index in [9.17, 15) is 12.6 Å². The van der Waals surface area contributed by atoms with Gasteiger partial charge in [-0.1, -0.05) is 30.0 Å². The van der Waals surface area contributed by atoms with Gasteiger partial charge in [0.1, 0.15) is 9.25 Å². The molecule has 33 heavy (non-hydrogen) atoms. The van der Waals surface area contributed by atoms with Gasteiger partial charge in [0.2, 0.25) is 0 Å². The fraction of sp³-hybridized carbons (Fsp3) is 0.409. The van der Waals surface area contributed by atoms with E-state index in [1.165, 1.54) is 15.6 Å². The van der Waals surface area contributed by atoms with E-state index in [-0.39, 0.29) is 0 Å². The average Bonchev–Trinajstić information content (AvgIpc) is 3.58. The minimum absolute atomic E-state index is 0.326. The van der Waals surface area contributed by atoms with Gasteiger partial charge in [0.05, 0.1) is 23.4 Å². The molecule has 0 aliphatic carbocycles. The van der Waals surface area contributed by atoms with Gasteiger partial charge in [0.25, 0.3) is 10.0 Å². The molecule has 1 aromatic carbocycles. The highest BCUT2D eigenvalue weighted by atomic mass is 32.2. The summed E-state index contributed by atoms with van der Waals surface area (Å²) >= 11 is 3.01. The molecule has 0 spiro atoms. The molecule has 0 amide bonds. The monoisotopic (exact) mass is 522 g/mol. The second-order valence-corrected chi connectivity index (χ2v) is 14.3. The number of benzene rings is 1. The van der Waals surface area contributed by atoms with Gasteiger partial charge in [-0.3, -0.25) is 13.5 Å². The van der Waals surface area contributed by atoms with Crippen LogP contribution < -0.4 is 4.31 Å². The Hall–Kier alpha value is -1.66. The molecular weight excluding hydrogens is 497 g/mol. The van der Waals surface area contributed by atoms with Gasteiger partial charge in [-0.15, -0.1) is 11.3 Å². The van der Waals surface area contributed by atoms with Crippen LogP contribution in [0.15, 0.2) is 51.0 Å².